The van der Waals surface area contributed by atoms with E-state index in [4.69, 9.17) is 16.6 Å². The van der Waals surface area contributed by atoms with Crippen LogP contribution < -0.4 is 5.32 Å². The van der Waals surface area contributed by atoms with Gasteiger partial charge in [-0.1, -0.05) is 29.8 Å². The number of piperidine rings is 1. The minimum Gasteiger partial charge on any atom is -0.311 e. The van der Waals surface area contributed by atoms with Crippen molar-refractivity contribution in [3.05, 3.63) is 40.5 Å². The third-order valence-corrected chi connectivity index (χ3v) is 6.12. The summed E-state index contributed by atoms with van der Waals surface area (Å²) in [6.45, 7) is 2.93. The number of para-hydroxylation sites is 1. The molecule has 0 radical (unpaired) electrons. The van der Waals surface area contributed by atoms with Crippen molar-refractivity contribution in [1.82, 2.24) is 15.2 Å². The molecular weight excluding hydrogens is 306 g/mol. The van der Waals surface area contributed by atoms with Crippen molar-refractivity contribution in [1.29, 1.82) is 0 Å². The Morgan fingerprint density at radius 1 is 1.22 bits per heavy atom. The SMILES string of the molecule is Cc1c(Cl)c(CN(C)C2CC3CCC(C2)N3)nc2ccccc12. The average Bonchev–Trinajstić information content (AvgIpc) is 2.90. The molecule has 0 aliphatic carbocycles. The first-order valence-electron chi connectivity index (χ1n) is 8.62. The maximum atomic E-state index is 6.62. The van der Waals surface area contributed by atoms with Crippen LogP contribution in [-0.2, 0) is 6.54 Å². The third kappa shape index (κ3) is 2.86. The van der Waals surface area contributed by atoms with Crippen LogP contribution in [0.25, 0.3) is 10.9 Å². The maximum absolute atomic E-state index is 6.62. The molecule has 2 aromatic rings. The molecule has 2 fully saturated rings. The maximum Gasteiger partial charge on any atom is 0.0740 e. The molecule has 2 aliphatic heterocycles. The van der Waals surface area contributed by atoms with E-state index >= 15 is 0 Å². The number of rotatable bonds is 3. The van der Waals surface area contributed by atoms with Gasteiger partial charge in [0.15, 0.2) is 0 Å². The minimum atomic E-state index is 0.637. The fourth-order valence-corrected chi connectivity index (χ4v) is 4.48. The van der Waals surface area contributed by atoms with Crippen molar-refractivity contribution in [2.45, 2.75) is 57.3 Å². The van der Waals surface area contributed by atoms with E-state index in [0.717, 1.165) is 33.7 Å². The number of halogens is 1. The van der Waals surface area contributed by atoms with E-state index in [2.05, 4.69) is 36.3 Å². The second-order valence-corrected chi connectivity index (χ2v) is 7.57. The molecule has 2 bridgehead atoms. The molecule has 0 amide bonds. The Labute approximate surface area is 143 Å². The van der Waals surface area contributed by atoms with E-state index in [1.165, 1.54) is 25.7 Å². The third-order valence-electron chi connectivity index (χ3n) is 5.62. The topological polar surface area (TPSA) is 28.2 Å². The molecule has 2 unspecified atom stereocenters. The van der Waals surface area contributed by atoms with Gasteiger partial charge in [-0.2, -0.15) is 0 Å². The van der Waals surface area contributed by atoms with Crippen molar-refractivity contribution in [3.63, 3.8) is 0 Å². The van der Waals surface area contributed by atoms with Crippen LogP contribution in [0.2, 0.25) is 5.02 Å². The Balaban J connectivity index is 1.58. The van der Waals surface area contributed by atoms with Gasteiger partial charge in [0.25, 0.3) is 0 Å². The van der Waals surface area contributed by atoms with Gasteiger partial charge in [-0.3, -0.25) is 4.90 Å². The normalized spacial score (nSPS) is 27.0. The first-order valence-corrected chi connectivity index (χ1v) is 8.99. The van der Waals surface area contributed by atoms with Crippen LogP contribution in [0.15, 0.2) is 24.3 Å². The highest BCUT2D eigenvalue weighted by Gasteiger charge is 2.35. The molecule has 3 heterocycles. The van der Waals surface area contributed by atoms with Crippen molar-refractivity contribution in [3.8, 4) is 0 Å². The first kappa shape index (κ1) is 15.4. The highest BCUT2D eigenvalue weighted by Crippen LogP contribution is 2.32. The molecule has 122 valence electrons. The molecule has 4 heteroatoms. The zero-order chi connectivity index (χ0) is 16.0. The van der Waals surface area contributed by atoms with Crippen LogP contribution in [0.1, 0.15) is 36.9 Å². The molecule has 3 nitrogen and oxygen atoms in total. The number of hydrogen-bond acceptors (Lipinski definition) is 3. The Bertz CT molecular complexity index is 718. The Morgan fingerprint density at radius 2 is 1.91 bits per heavy atom. The molecule has 2 atom stereocenters. The number of aromatic nitrogens is 1. The van der Waals surface area contributed by atoms with E-state index < -0.39 is 0 Å². The fourth-order valence-electron chi connectivity index (χ4n) is 4.27. The van der Waals surface area contributed by atoms with Gasteiger partial charge in [0, 0.05) is 30.1 Å². The predicted octanol–water partition coefficient (Wildman–Crippen LogP) is 3.91. The summed E-state index contributed by atoms with van der Waals surface area (Å²) in [5.41, 5.74) is 3.20. The van der Waals surface area contributed by atoms with E-state index in [1.54, 1.807) is 0 Å². The van der Waals surface area contributed by atoms with Gasteiger partial charge >= 0.3 is 0 Å². The smallest absolute Gasteiger partial charge is 0.0740 e. The minimum absolute atomic E-state index is 0.637. The van der Waals surface area contributed by atoms with Crippen LogP contribution in [-0.4, -0.2) is 35.1 Å². The van der Waals surface area contributed by atoms with E-state index in [0.29, 0.717) is 18.1 Å². The molecule has 1 N–H and O–H groups in total. The highest BCUT2D eigenvalue weighted by molar-refractivity contribution is 6.32. The molecular formula is C19H24ClN3. The largest absolute Gasteiger partial charge is 0.311 e. The zero-order valence-electron chi connectivity index (χ0n) is 13.8. The summed E-state index contributed by atoms with van der Waals surface area (Å²) in [6.07, 6.45) is 5.17. The van der Waals surface area contributed by atoms with Gasteiger partial charge < -0.3 is 5.32 Å². The van der Waals surface area contributed by atoms with Crippen LogP contribution in [0.5, 0.6) is 0 Å². The number of nitrogens with one attached hydrogen (secondary N) is 1. The number of nitrogens with zero attached hydrogens (tertiary/aromatic N) is 2. The van der Waals surface area contributed by atoms with Crippen LogP contribution in [0, 0.1) is 6.92 Å². The Morgan fingerprint density at radius 3 is 2.65 bits per heavy atom. The molecule has 23 heavy (non-hydrogen) atoms. The molecule has 0 saturated carbocycles. The van der Waals surface area contributed by atoms with Gasteiger partial charge in [-0.25, -0.2) is 4.98 Å². The number of pyridine rings is 1. The lowest BCUT2D eigenvalue weighted by atomic mass is 9.98. The van der Waals surface area contributed by atoms with Crippen LogP contribution >= 0.6 is 11.6 Å². The molecule has 0 spiro atoms. The Kier molecular flexibility index (Phi) is 4.04. The predicted molar refractivity (Wildman–Crippen MR) is 95.9 cm³/mol. The lowest BCUT2D eigenvalue weighted by Crippen LogP contribution is -2.46. The average molecular weight is 330 g/mol. The van der Waals surface area contributed by atoms with Crippen LogP contribution in [0.3, 0.4) is 0 Å². The lowest BCUT2D eigenvalue weighted by molar-refractivity contribution is 0.164. The second-order valence-electron chi connectivity index (χ2n) is 7.19. The van der Waals surface area contributed by atoms with Gasteiger partial charge in [-0.15, -0.1) is 0 Å². The summed E-state index contributed by atoms with van der Waals surface area (Å²) in [5.74, 6) is 0. The monoisotopic (exact) mass is 329 g/mol. The summed E-state index contributed by atoms with van der Waals surface area (Å²) in [7, 11) is 2.22. The summed E-state index contributed by atoms with van der Waals surface area (Å²) >= 11 is 6.62. The second kappa shape index (κ2) is 6.04. The van der Waals surface area contributed by atoms with E-state index in [9.17, 15) is 0 Å². The summed E-state index contributed by atoms with van der Waals surface area (Å²) in [6, 6.07) is 10.3. The summed E-state index contributed by atoms with van der Waals surface area (Å²) < 4.78 is 0. The summed E-state index contributed by atoms with van der Waals surface area (Å²) in [5, 5.41) is 5.70. The van der Waals surface area contributed by atoms with Crippen molar-refractivity contribution in [2.24, 2.45) is 0 Å². The van der Waals surface area contributed by atoms with Crippen LogP contribution in [0.4, 0.5) is 0 Å². The number of hydrogen-bond donors (Lipinski definition) is 1. The zero-order valence-corrected chi connectivity index (χ0v) is 14.6. The molecule has 2 aliphatic rings. The quantitative estimate of drug-likeness (QED) is 0.925. The number of aryl methyl sites for hydroxylation is 1. The van der Waals surface area contributed by atoms with Crippen molar-refractivity contribution >= 4 is 22.5 Å². The molecule has 2 saturated heterocycles. The van der Waals surface area contributed by atoms with Crippen molar-refractivity contribution in [2.75, 3.05) is 7.05 Å². The van der Waals surface area contributed by atoms with E-state index in [-0.39, 0.29) is 0 Å². The van der Waals surface area contributed by atoms with Gasteiger partial charge in [0.05, 0.1) is 16.2 Å². The molecule has 4 rings (SSSR count). The van der Waals surface area contributed by atoms with Gasteiger partial charge in [-0.05, 0) is 51.3 Å². The number of benzene rings is 1. The lowest BCUT2D eigenvalue weighted by Gasteiger charge is -2.35. The van der Waals surface area contributed by atoms with Gasteiger partial charge in [0.1, 0.15) is 0 Å². The fraction of sp³-hybridized carbons (Fsp3) is 0.526. The standard InChI is InChI=1S/C19H24ClN3/c1-12-16-5-3-4-6-17(16)22-18(19(12)20)11-23(2)15-9-13-7-8-14(10-15)21-13/h3-6,13-15,21H,7-11H2,1-2H3. The Hall–Kier alpha value is -1.16. The van der Waals surface area contributed by atoms with Gasteiger partial charge in [0.2, 0.25) is 0 Å². The molecule has 1 aromatic carbocycles. The first-order chi connectivity index (χ1) is 11.1. The molecule has 1 aromatic heterocycles. The summed E-state index contributed by atoms with van der Waals surface area (Å²) in [4.78, 5) is 7.29. The highest BCUT2D eigenvalue weighted by atomic mass is 35.5. The van der Waals surface area contributed by atoms with Crippen molar-refractivity contribution < 1.29 is 0 Å². The van der Waals surface area contributed by atoms with E-state index in [1.807, 2.05) is 12.1 Å². The number of fused-ring (bicyclic) bond motifs is 3.